The molecule has 1 aromatic rings. The molecule has 0 radical (unpaired) electrons. The van der Waals surface area contributed by atoms with Gasteiger partial charge in [-0.2, -0.15) is 0 Å². The van der Waals surface area contributed by atoms with Crippen LogP contribution in [0.4, 0.5) is 4.39 Å². The second kappa shape index (κ2) is 3.33. The van der Waals surface area contributed by atoms with Crippen molar-refractivity contribution in [3.63, 3.8) is 0 Å². The minimum absolute atomic E-state index is 0.0441. The fourth-order valence-electron chi connectivity index (χ4n) is 1.79. The molecule has 0 amide bonds. The largest absolute Gasteiger partial charge is 0.396 e. The molecule has 3 heteroatoms. The second-order valence-electron chi connectivity index (χ2n) is 4.02. The maximum absolute atomic E-state index is 13.4. The van der Waals surface area contributed by atoms with E-state index in [1.165, 1.54) is 6.07 Å². The predicted octanol–water partition coefficient (Wildman–Crippen LogP) is 1.60. The number of aliphatic hydroxyl groups excluding tert-OH is 1. The lowest BCUT2D eigenvalue weighted by Gasteiger charge is -2.21. The van der Waals surface area contributed by atoms with E-state index in [-0.39, 0.29) is 23.9 Å². The van der Waals surface area contributed by atoms with Gasteiger partial charge in [0.25, 0.3) is 0 Å². The highest BCUT2D eigenvalue weighted by molar-refractivity contribution is 5.25. The third-order valence-corrected chi connectivity index (χ3v) is 3.11. The average Bonchev–Trinajstić information content (AvgIpc) is 2.98. The van der Waals surface area contributed by atoms with Crippen LogP contribution >= 0.6 is 0 Å². The van der Waals surface area contributed by atoms with Crippen molar-refractivity contribution in [2.75, 3.05) is 6.61 Å². The molecule has 2 rings (SSSR count). The van der Waals surface area contributed by atoms with Gasteiger partial charge in [0.15, 0.2) is 0 Å². The zero-order chi connectivity index (χ0) is 10.2. The minimum atomic E-state index is -0.381. The van der Waals surface area contributed by atoms with E-state index in [2.05, 4.69) is 0 Å². The van der Waals surface area contributed by atoms with Crippen LogP contribution in [0.15, 0.2) is 24.3 Å². The van der Waals surface area contributed by atoms with Crippen LogP contribution in [0.2, 0.25) is 0 Å². The Morgan fingerprint density at radius 2 is 2.07 bits per heavy atom. The van der Waals surface area contributed by atoms with Gasteiger partial charge in [0, 0.05) is 17.0 Å². The Bertz CT molecular complexity index is 336. The Morgan fingerprint density at radius 3 is 2.57 bits per heavy atom. The monoisotopic (exact) mass is 195 g/mol. The maximum Gasteiger partial charge on any atom is 0.127 e. The van der Waals surface area contributed by atoms with Crippen molar-refractivity contribution in [2.24, 2.45) is 11.1 Å². The van der Waals surface area contributed by atoms with E-state index in [0.29, 0.717) is 5.56 Å². The summed E-state index contributed by atoms with van der Waals surface area (Å²) in [5, 5.41) is 9.18. The van der Waals surface area contributed by atoms with Gasteiger partial charge in [-0.1, -0.05) is 18.2 Å². The molecule has 0 saturated heterocycles. The van der Waals surface area contributed by atoms with Gasteiger partial charge in [-0.05, 0) is 18.9 Å². The molecule has 76 valence electrons. The molecule has 1 unspecified atom stereocenters. The van der Waals surface area contributed by atoms with E-state index in [1.54, 1.807) is 18.2 Å². The van der Waals surface area contributed by atoms with E-state index in [0.717, 1.165) is 12.8 Å². The third kappa shape index (κ3) is 1.42. The van der Waals surface area contributed by atoms with Crippen molar-refractivity contribution in [1.29, 1.82) is 0 Å². The third-order valence-electron chi connectivity index (χ3n) is 3.11. The topological polar surface area (TPSA) is 46.2 Å². The van der Waals surface area contributed by atoms with Gasteiger partial charge in [-0.15, -0.1) is 0 Å². The Kier molecular flexibility index (Phi) is 2.29. The summed E-state index contributed by atoms with van der Waals surface area (Å²) >= 11 is 0. The van der Waals surface area contributed by atoms with Crippen LogP contribution in [0.25, 0.3) is 0 Å². The molecule has 14 heavy (non-hydrogen) atoms. The molecule has 1 aliphatic rings. The summed E-state index contributed by atoms with van der Waals surface area (Å²) in [6.45, 7) is 0.0441. The van der Waals surface area contributed by atoms with Crippen LogP contribution in [0.5, 0.6) is 0 Å². The van der Waals surface area contributed by atoms with Crippen molar-refractivity contribution < 1.29 is 9.50 Å². The van der Waals surface area contributed by atoms with E-state index in [1.807, 2.05) is 0 Å². The molecular formula is C11H14FNO. The summed E-state index contributed by atoms with van der Waals surface area (Å²) in [7, 11) is 0. The molecule has 1 aromatic carbocycles. The SMILES string of the molecule is NC(c1ccccc1F)C1(CO)CC1. The number of rotatable bonds is 3. The van der Waals surface area contributed by atoms with E-state index in [9.17, 15) is 9.50 Å². The summed E-state index contributed by atoms with van der Waals surface area (Å²) in [6, 6.07) is 6.13. The molecule has 0 heterocycles. The molecule has 2 nitrogen and oxygen atoms in total. The van der Waals surface area contributed by atoms with Crippen molar-refractivity contribution >= 4 is 0 Å². The quantitative estimate of drug-likeness (QED) is 0.769. The molecule has 1 atom stereocenters. The standard InChI is InChI=1S/C11H14FNO/c12-9-4-2-1-3-8(9)10(13)11(7-14)5-6-11/h1-4,10,14H,5-7,13H2. The molecule has 3 N–H and O–H groups in total. The van der Waals surface area contributed by atoms with Crippen LogP contribution in [0, 0.1) is 11.2 Å². The lowest BCUT2D eigenvalue weighted by atomic mass is 9.91. The van der Waals surface area contributed by atoms with Crippen LogP contribution in [-0.4, -0.2) is 11.7 Å². The van der Waals surface area contributed by atoms with E-state index in [4.69, 9.17) is 5.73 Å². The molecule has 0 bridgehead atoms. The zero-order valence-corrected chi connectivity index (χ0v) is 7.91. The fraction of sp³-hybridized carbons (Fsp3) is 0.455. The maximum atomic E-state index is 13.4. The molecule has 1 fully saturated rings. The van der Waals surface area contributed by atoms with Crippen molar-refractivity contribution in [2.45, 2.75) is 18.9 Å². The first kappa shape index (κ1) is 9.62. The molecule has 0 aromatic heterocycles. The molecule has 1 saturated carbocycles. The van der Waals surface area contributed by atoms with Gasteiger partial charge >= 0.3 is 0 Å². The smallest absolute Gasteiger partial charge is 0.127 e. The van der Waals surface area contributed by atoms with Gasteiger partial charge in [0.05, 0.1) is 6.61 Å². The lowest BCUT2D eigenvalue weighted by molar-refractivity contribution is 0.186. The van der Waals surface area contributed by atoms with Crippen molar-refractivity contribution in [1.82, 2.24) is 0 Å². The first-order valence-corrected chi connectivity index (χ1v) is 4.80. The summed E-state index contributed by atoms with van der Waals surface area (Å²) in [6.07, 6.45) is 1.78. The molecular weight excluding hydrogens is 181 g/mol. The predicted molar refractivity (Wildman–Crippen MR) is 52.1 cm³/mol. The Balaban J connectivity index is 2.27. The summed E-state index contributed by atoms with van der Waals surface area (Å²) in [5.41, 5.74) is 6.20. The van der Waals surface area contributed by atoms with Gasteiger partial charge < -0.3 is 10.8 Å². The normalized spacial score (nSPS) is 20.5. The van der Waals surface area contributed by atoms with E-state index < -0.39 is 0 Å². The second-order valence-corrected chi connectivity index (χ2v) is 4.02. The number of aliphatic hydroxyl groups is 1. The Labute approximate surface area is 82.5 Å². The summed E-state index contributed by atoms with van der Waals surface area (Å²) in [5.74, 6) is -0.278. The van der Waals surface area contributed by atoms with Gasteiger partial charge in [-0.3, -0.25) is 0 Å². The number of benzene rings is 1. The minimum Gasteiger partial charge on any atom is -0.396 e. The molecule has 0 aliphatic heterocycles. The first-order chi connectivity index (χ1) is 6.69. The van der Waals surface area contributed by atoms with Crippen LogP contribution in [-0.2, 0) is 0 Å². The number of hydrogen-bond donors (Lipinski definition) is 2. The first-order valence-electron chi connectivity index (χ1n) is 4.80. The summed E-state index contributed by atoms with van der Waals surface area (Å²) < 4.78 is 13.4. The number of halogens is 1. The van der Waals surface area contributed by atoms with Crippen LogP contribution in [0.1, 0.15) is 24.4 Å². The van der Waals surface area contributed by atoms with Crippen LogP contribution in [0.3, 0.4) is 0 Å². The van der Waals surface area contributed by atoms with Gasteiger partial charge in [-0.25, -0.2) is 4.39 Å². The fourth-order valence-corrected chi connectivity index (χ4v) is 1.79. The van der Waals surface area contributed by atoms with Crippen molar-refractivity contribution in [3.8, 4) is 0 Å². The average molecular weight is 195 g/mol. The van der Waals surface area contributed by atoms with Crippen molar-refractivity contribution in [3.05, 3.63) is 35.6 Å². The zero-order valence-electron chi connectivity index (χ0n) is 7.91. The number of hydrogen-bond acceptors (Lipinski definition) is 2. The summed E-state index contributed by atoms with van der Waals surface area (Å²) in [4.78, 5) is 0. The van der Waals surface area contributed by atoms with Gasteiger partial charge in [0.2, 0.25) is 0 Å². The van der Waals surface area contributed by atoms with Crippen LogP contribution < -0.4 is 5.73 Å². The molecule has 1 aliphatic carbocycles. The number of nitrogens with two attached hydrogens (primary N) is 1. The Morgan fingerprint density at radius 1 is 1.43 bits per heavy atom. The highest BCUT2D eigenvalue weighted by Crippen LogP contribution is 2.53. The lowest BCUT2D eigenvalue weighted by Crippen LogP contribution is -2.26. The molecule has 0 spiro atoms. The highest BCUT2D eigenvalue weighted by Gasteiger charge is 2.48. The van der Waals surface area contributed by atoms with E-state index >= 15 is 0 Å². The Hall–Kier alpha value is -0.930. The van der Waals surface area contributed by atoms with Gasteiger partial charge in [0.1, 0.15) is 5.82 Å². The highest BCUT2D eigenvalue weighted by atomic mass is 19.1.